The van der Waals surface area contributed by atoms with Gasteiger partial charge < -0.3 is 5.11 Å². The molecule has 2 heteroatoms. The van der Waals surface area contributed by atoms with Crippen LogP contribution in [0.25, 0.3) is 0 Å². The van der Waals surface area contributed by atoms with Crippen molar-refractivity contribution in [1.82, 2.24) is 0 Å². The van der Waals surface area contributed by atoms with Crippen LogP contribution in [0, 0.1) is 0 Å². The second-order valence-corrected chi connectivity index (χ2v) is 1.34. The molecule has 40 valence electrons. The molecule has 1 aromatic rings. The van der Waals surface area contributed by atoms with Gasteiger partial charge in [0, 0.05) is 11.0 Å². The molecule has 0 unspecified atom stereocenters. The number of phenols is 1. The zero-order chi connectivity index (χ0) is 5.11. The lowest BCUT2D eigenvalue weighted by atomic mass is 10.3. The molecule has 1 rings (SSSR count). The van der Waals surface area contributed by atoms with Gasteiger partial charge in [0.2, 0.25) is 0 Å². The minimum Gasteiger partial charge on any atom is -0.508 e. The van der Waals surface area contributed by atoms with E-state index in [0.717, 1.165) is 0 Å². The summed E-state index contributed by atoms with van der Waals surface area (Å²) in [6.45, 7) is 0. The van der Waals surface area contributed by atoms with E-state index in [1.807, 2.05) is 6.07 Å². The molecular weight excluding hydrogens is 116 g/mol. The molecule has 0 spiro atoms. The molecular formula is C6H6OSi. The Morgan fingerprint density at radius 1 is 1.00 bits per heavy atom. The highest BCUT2D eigenvalue weighted by Crippen LogP contribution is 2.02. The highest BCUT2D eigenvalue weighted by Gasteiger charge is 1.74. The number of aromatic hydroxyl groups is 1. The lowest BCUT2D eigenvalue weighted by Crippen LogP contribution is -1.56. The van der Waals surface area contributed by atoms with Crippen molar-refractivity contribution in [3.8, 4) is 5.75 Å². The fourth-order valence-corrected chi connectivity index (χ4v) is 0.428. The molecule has 4 radical (unpaired) electrons. The van der Waals surface area contributed by atoms with Crippen LogP contribution in [0.4, 0.5) is 0 Å². The molecule has 0 saturated carbocycles. The van der Waals surface area contributed by atoms with Crippen molar-refractivity contribution in [2.24, 2.45) is 0 Å². The molecule has 0 aliphatic heterocycles. The van der Waals surface area contributed by atoms with E-state index in [2.05, 4.69) is 0 Å². The molecule has 0 aliphatic carbocycles. The van der Waals surface area contributed by atoms with E-state index in [4.69, 9.17) is 5.11 Å². The quantitative estimate of drug-likeness (QED) is 0.509. The monoisotopic (exact) mass is 122 g/mol. The normalized spacial score (nSPS) is 7.50. The van der Waals surface area contributed by atoms with E-state index in [1.54, 1.807) is 24.3 Å². The first-order valence-electron chi connectivity index (χ1n) is 2.13. The summed E-state index contributed by atoms with van der Waals surface area (Å²) in [5, 5.41) is 8.63. The second-order valence-electron chi connectivity index (χ2n) is 1.34. The molecule has 0 saturated heterocycles. The molecule has 0 aliphatic rings. The Morgan fingerprint density at radius 3 is 1.75 bits per heavy atom. The van der Waals surface area contributed by atoms with E-state index in [-0.39, 0.29) is 11.0 Å². The Kier molecular flexibility index (Phi) is 2.95. The third kappa shape index (κ3) is 1.79. The summed E-state index contributed by atoms with van der Waals surface area (Å²) < 4.78 is 0. The molecule has 0 aromatic heterocycles. The summed E-state index contributed by atoms with van der Waals surface area (Å²) in [5.74, 6) is 0.322. The van der Waals surface area contributed by atoms with Crippen LogP contribution in [0.15, 0.2) is 30.3 Å². The van der Waals surface area contributed by atoms with Crippen LogP contribution in [0.3, 0.4) is 0 Å². The molecule has 1 aromatic carbocycles. The molecule has 0 amide bonds. The Bertz CT molecular complexity index is 138. The summed E-state index contributed by atoms with van der Waals surface area (Å²) >= 11 is 0. The van der Waals surface area contributed by atoms with Gasteiger partial charge in [0.25, 0.3) is 0 Å². The van der Waals surface area contributed by atoms with Crippen LogP contribution in [0.2, 0.25) is 0 Å². The van der Waals surface area contributed by atoms with Gasteiger partial charge in [-0.1, -0.05) is 18.2 Å². The third-order valence-corrected chi connectivity index (χ3v) is 0.756. The van der Waals surface area contributed by atoms with Crippen molar-refractivity contribution < 1.29 is 5.11 Å². The first-order chi connectivity index (χ1) is 3.39. The summed E-state index contributed by atoms with van der Waals surface area (Å²) in [6, 6.07) is 8.71. The molecule has 0 atom stereocenters. The number of benzene rings is 1. The van der Waals surface area contributed by atoms with Crippen molar-refractivity contribution in [3.63, 3.8) is 0 Å². The van der Waals surface area contributed by atoms with Crippen LogP contribution in [0.1, 0.15) is 0 Å². The Hall–Kier alpha value is -0.763. The third-order valence-electron chi connectivity index (χ3n) is 0.756. The van der Waals surface area contributed by atoms with Crippen LogP contribution in [-0.4, -0.2) is 16.1 Å². The van der Waals surface area contributed by atoms with Gasteiger partial charge in [-0.15, -0.1) is 0 Å². The zero-order valence-corrected chi connectivity index (χ0v) is 5.33. The SMILES string of the molecule is Oc1ccccc1.[Si]. The number of rotatable bonds is 0. The first kappa shape index (κ1) is 7.24. The molecule has 0 bridgehead atoms. The van der Waals surface area contributed by atoms with E-state index >= 15 is 0 Å². The van der Waals surface area contributed by atoms with Crippen LogP contribution >= 0.6 is 0 Å². The van der Waals surface area contributed by atoms with Crippen molar-refractivity contribution >= 4 is 11.0 Å². The van der Waals surface area contributed by atoms with Gasteiger partial charge in [0.05, 0.1) is 0 Å². The molecule has 0 fully saturated rings. The van der Waals surface area contributed by atoms with Gasteiger partial charge in [-0.2, -0.15) is 0 Å². The van der Waals surface area contributed by atoms with E-state index in [0.29, 0.717) is 5.75 Å². The predicted molar refractivity (Wildman–Crippen MR) is 33.9 cm³/mol. The average molecular weight is 122 g/mol. The Balaban J connectivity index is 0.000000490. The summed E-state index contributed by atoms with van der Waals surface area (Å²) in [6.07, 6.45) is 0. The summed E-state index contributed by atoms with van der Waals surface area (Å²) in [4.78, 5) is 0. The summed E-state index contributed by atoms with van der Waals surface area (Å²) in [5.41, 5.74) is 0. The van der Waals surface area contributed by atoms with Gasteiger partial charge in [-0.05, 0) is 12.1 Å². The second kappa shape index (κ2) is 3.27. The summed E-state index contributed by atoms with van der Waals surface area (Å²) in [7, 11) is 0. The maximum atomic E-state index is 8.63. The van der Waals surface area contributed by atoms with Crippen LogP contribution < -0.4 is 0 Å². The van der Waals surface area contributed by atoms with Crippen molar-refractivity contribution in [3.05, 3.63) is 30.3 Å². The molecule has 1 N–H and O–H groups in total. The zero-order valence-electron chi connectivity index (χ0n) is 4.33. The van der Waals surface area contributed by atoms with Crippen molar-refractivity contribution in [2.75, 3.05) is 0 Å². The number of phenolic OH excluding ortho intramolecular Hbond substituents is 1. The number of hydrogen-bond donors (Lipinski definition) is 1. The van der Waals surface area contributed by atoms with E-state index in [1.165, 1.54) is 0 Å². The average Bonchev–Trinajstić information content (AvgIpc) is 1.69. The van der Waals surface area contributed by atoms with E-state index in [9.17, 15) is 0 Å². The minimum atomic E-state index is 0. The smallest absolute Gasteiger partial charge is 0.115 e. The molecule has 1 nitrogen and oxygen atoms in total. The van der Waals surface area contributed by atoms with Crippen molar-refractivity contribution in [2.45, 2.75) is 0 Å². The van der Waals surface area contributed by atoms with Crippen LogP contribution in [-0.2, 0) is 0 Å². The molecule has 8 heavy (non-hydrogen) atoms. The van der Waals surface area contributed by atoms with Gasteiger partial charge in [-0.3, -0.25) is 0 Å². The van der Waals surface area contributed by atoms with Gasteiger partial charge in [0.15, 0.2) is 0 Å². The van der Waals surface area contributed by atoms with Crippen LogP contribution in [0.5, 0.6) is 5.75 Å². The highest BCUT2D eigenvalue weighted by atomic mass is 28.1. The topological polar surface area (TPSA) is 20.2 Å². The predicted octanol–water partition coefficient (Wildman–Crippen LogP) is 1.01. The maximum absolute atomic E-state index is 8.63. The maximum Gasteiger partial charge on any atom is 0.115 e. The minimum absolute atomic E-state index is 0. The fourth-order valence-electron chi connectivity index (χ4n) is 0.428. The lowest BCUT2D eigenvalue weighted by Gasteiger charge is -1.82. The van der Waals surface area contributed by atoms with Gasteiger partial charge >= 0.3 is 0 Å². The van der Waals surface area contributed by atoms with Crippen molar-refractivity contribution in [1.29, 1.82) is 0 Å². The Labute approximate surface area is 53.0 Å². The van der Waals surface area contributed by atoms with Gasteiger partial charge in [0.1, 0.15) is 5.75 Å². The first-order valence-corrected chi connectivity index (χ1v) is 2.13. The standard InChI is InChI=1S/C6H6O.Si/c7-6-4-2-1-3-5-6;/h1-5,7H;. The van der Waals surface area contributed by atoms with Gasteiger partial charge in [-0.25, -0.2) is 0 Å². The lowest BCUT2D eigenvalue weighted by molar-refractivity contribution is 0.475. The number of para-hydroxylation sites is 1. The largest absolute Gasteiger partial charge is 0.508 e. The van der Waals surface area contributed by atoms with E-state index < -0.39 is 0 Å². The Morgan fingerprint density at radius 2 is 1.50 bits per heavy atom. The molecule has 0 heterocycles. The highest BCUT2D eigenvalue weighted by molar-refractivity contribution is 5.75. The number of hydrogen-bond acceptors (Lipinski definition) is 1. The fraction of sp³-hybridized carbons (Fsp3) is 0.